The first-order valence-electron chi connectivity index (χ1n) is 14.4. The Labute approximate surface area is 254 Å². The van der Waals surface area contributed by atoms with Crippen molar-refractivity contribution in [3.63, 3.8) is 0 Å². The molecule has 1 saturated heterocycles. The average molecular weight is 598 g/mol. The molecule has 6 rings (SSSR count). The summed E-state index contributed by atoms with van der Waals surface area (Å²) in [4.78, 5) is 32.6. The summed E-state index contributed by atoms with van der Waals surface area (Å²) in [5.41, 5.74) is 2.75. The Morgan fingerprint density at radius 1 is 0.909 bits per heavy atom. The number of benzene rings is 3. The highest BCUT2D eigenvalue weighted by Crippen LogP contribution is 2.33. The Bertz CT molecular complexity index is 1630. The van der Waals surface area contributed by atoms with Crippen LogP contribution in [0.3, 0.4) is 0 Å². The molecule has 10 nitrogen and oxygen atoms in total. The summed E-state index contributed by atoms with van der Waals surface area (Å²) in [5, 5.41) is 8.89. The zero-order valence-corrected chi connectivity index (χ0v) is 24.3. The molecule has 0 N–H and O–H groups in total. The van der Waals surface area contributed by atoms with Crippen molar-refractivity contribution in [2.24, 2.45) is 0 Å². The minimum atomic E-state index is -0.368. The Balaban J connectivity index is 1.13. The number of carbonyl (C=O) groups excluding carboxylic acids is 2. The number of methoxy groups -OCH3 is 1. The van der Waals surface area contributed by atoms with Crippen LogP contribution in [-0.4, -0.2) is 78.4 Å². The molecule has 11 heteroatoms. The van der Waals surface area contributed by atoms with Crippen LogP contribution >= 0.6 is 0 Å². The van der Waals surface area contributed by atoms with Gasteiger partial charge in [-0.15, -0.1) is 10.2 Å². The highest BCUT2D eigenvalue weighted by atomic mass is 19.1. The molecule has 0 spiro atoms. The molecule has 2 amide bonds. The van der Waals surface area contributed by atoms with Crippen LogP contribution in [0.2, 0.25) is 0 Å². The maximum Gasteiger partial charge on any atom is 0.254 e. The first-order chi connectivity index (χ1) is 21.5. The predicted molar refractivity (Wildman–Crippen MR) is 161 cm³/mol. The van der Waals surface area contributed by atoms with E-state index in [9.17, 15) is 14.0 Å². The second kappa shape index (κ2) is 13.0. The summed E-state index contributed by atoms with van der Waals surface area (Å²) >= 11 is 0. The summed E-state index contributed by atoms with van der Waals surface area (Å²) < 4.78 is 29.7. The number of aromatic nitrogens is 2. The number of rotatable bonds is 8. The molecule has 0 unspecified atom stereocenters. The zero-order chi connectivity index (χ0) is 30.5. The lowest BCUT2D eigenvalue weighted by Gasteiger charge is -2.27. The highest BCUT2D eigenvalue weighted by Gasteiger charge is 2.26. The molecule has 0 saturated carbocycles. The molecule has 1 fully saturated rings. The van der Waals surface area contributed by atoms with Gasteiger partial charge in [-0.2, -0.15) is 0 Å². The Morgan fingerprint density at radius 3 is 2.55 bits per heavy atom. The van der Waals surface area contributed by atoms with E-state index < -0.39 is 0 Å². The minimum absolute atomic E-state index is 0.0920. The van der Waals surface area contributed by atoms with Crippen LogP contribution in [0.5, 0.6) is 17.2 Å². The fraction of sp³-hybridized carbons (Fsp3) is 0.273. The molecule has 2 aliphatic heterocycles. The molecule has 1 aromatic heterocycles. The van der Waals surface area contributed by atoms with Gasteiger partial charge in [0.05, 0.1) is 12.8 Å². The maximum absolute atomic E-state index is 13.7. The van der Waals surface area contributed by atoms with E-state index in [1.54, 1.807) is 42.3 Å². The molecule has 0 radical (unpaired) electrons. The number of halogens is 1. The number of amides is 2. The lowest BCUT2D eigenvalue weighted by Crippen LogP contribution is -2.44. The summed E-state index contributed by atoms with van der Waals surface area (Å²) in [7, 11) is 1.63. The minimum Gasteiger partial charge on any atom is -0.497 e. The smallest absolute Gasteiger partial charge is 0.254 e. The van der Waals surface area contributed by atoms with Crippen LogP contribution in [0.1, 0.15) is 22.3 Å². The largest absolute Gasteiger partial charge is 0.497 e. The Hall–Kier alpha value is -5.19. The molecular weight excluding hydrogens is 565 g/mol. The second-order valence-electron chi connectivity index (χ2n) is 10.6. The number of anilines is 1. The van der Waals surface area contributed by atoms with Crippen molar-refractivity contribution in [3.05, 3.63) is 95.8 Å². The third kappa shape index (κ3) is 6.56. The fourth-order valence-electron chi connectivity index (χ4n) is 5.31. The van der Waals surface area contributed by atoms with Crippen molar-refractivity contribution in [2.75, 3.05) is 51.5 Å². The van der Waals surface area contributed by atoms with Gasteiger partial charge in [0.25, 0.3) is 5.91 Å². The third-order valence-electron chi connectivity index (χ3n) is 7.71. The van der Waals surface area contributed by atoms with Crippen molar-refractivity contribution in [1.29, 1.82) is 0 Å². The number of hydrogen-bond donors (Lipinski definition) is 0. The van der Waals surface area contributed by atoms with Gasteiger partial charge in [0.15, 0.2) is 17.3 Å². The van der Waals surface area contributed by atoms with Crippen LogP contribution in [0.4, 0.5) is 10.2 Å². The van der Waals surface area contributed by atoms with E-state index in [1.165, 1.54) is 17.0 Å². The normalized spacial score (nSPS) is 14.2. The molecule has 2 aliphatic rings. The molecule has 0 atom stereocenters. The van der Waals surface area contributed by atoms with Crippen molar-refractivity contribution < 1.29 is 28.2 Å². The molecule has 0 bridgehead atoms. The van der Waals surface area contributed by atoms with Crippen molar-refractivity contribution in [2.45, 2.75) is 13.0 Å². The Kier molecular flexibility index (Phi) is 8.53. The summed E-state index contributed by atoms with van der Waals surface area (Å²) in [5.74, 6) is 1.67. The van der Waals surface area contributed by atoms with E-state index in [2.05, 4.69) is 15.1 Å². The predicted octanol–water partition coefficient (Wildman–Crippen LogP) is 4.40. The molecular formula is C33H32FN5O5. The first-order valence-corrected chi connectivity index (χ1v) is 14.4. The summed E-state index contributed by atoms with van der Waals surface area (Å²) in [6.07, 6.45) is 0.735. The maximum atomic E-state index is 13.7. The van der Waals surface area contributed by atoms with Gasteiger partial charge in [-0.05, 0) is 66.6 Å². The molecule has 0 aliphatic carbocycles. The van der Waals surface area contributed by atoms with Crippen molar-refractivity contribution in [1.82, 2.24) is 20.0 Å². The summed E-state index contributed by atoms with van der Waals surface area (Å²) in [6.45, 7) is 2.43. The van der Waals surface area contributed by atoms with Gasteiger partial charge in [0.1, 0.15) is 18.1 Å². The van der Waals surface area contributed by atoms with Gasteiger partial charge < -0.3 is 28.9 Å². The molecule has 3 aromatic carbocycles. The van der Waals surface area contributed by atoms with Crippen LogP contribution in [0, 0.1) is 5.82 Å². The topological polar surface area (TPSA) is 97.3 Å². The zero-order valence-electron chi connectivity index (χ0n) is 24.3. The van der Waals surface area contributed by atoms with E-state index in [-0.39, 0.29) is 37.5 Å². The van der Waals surface area contributed by atoms with E-state index in [1.807, 2.05) is 36.4 Å². The monoisotopic (exact) mass is 597 g/mol. The highest BCUT2D eigenvalue weighted by molar-refractivity contribution is 5.97. The van der Waals surface area contributed by atoms with E-state index in [0.717, 1.165) is 29.2 Å². The second-order valence-corrected chi connectivity index (χ2v) is 10.6. The standard InChI is InChI=1S/C33H32FN5O5/c1-42-27-5-2-4-24(18-27)28-11-13-31(36-35-28)37-14-3-15-38(17-16-37)32(40)21-39(20-23-6-9-26(34)10-7-23)33(41)25-8-12-29-30(19-25)44-22-43-29/h2,4-13,18-19H,3,14-17,20-22H2,1H3. The van der Waals surface area contributed by atoms with Gasteiger partial charge in [-0.1, -0.05) is 24.3 Å². The average Bonchev–Trinajstić information content (AvgIpc) is 3.39. The number of hydrogen-bond acceptors (Lipinski definition) is 8. The number of nitrogens with zero attached hydrogens (tertiary/aromatic N) is 5. The van der Waals surface area contributed by atoms with Crippen LogP contribution in [-0.2, 0) is 11.3 Å². The SMILES string of the molecule is COc1cccc(-c2ccc(N3CCCN(C(=O)CN(Cc4ccc(F)cc4)C(=O)c4ccc5c(c4)OCO5)CC3)nn2)c1. The number of ether oxygens (including phenoxy) is 3. The van der Waals surface area contributed by atoms with E-state index in [4.69, 9.17) is 14.2 Å². The fourth-order valence-corrected chi connectivity index (χ4v) is 5.31. The van der Waals surface area contributed by atoms with Gasteiger partial charge in [0.2, 0.25) is 12.7 Å². The van der Waals surface area contributed by atoms with Crippen LogP contribution < -0.4 is 19.1 Å². The van der Waals surface area contributed by atoms with Gasteiger partial charge in [-0.25, -0.2) is 4.39 Å². The Morgan fingerprint density at radius 2 is 1.75 bits per heavy atom. The quantitative estimate of drug-likeness (QED) is 0.295. The molecule has 4 aromatic rings. The first kappa shape index (κ1) is 28.9. The van der Waals surface area contributed by atoms with Gasteiger partial charge in [0, 0.05) is 43.9 Å². The van der Waals surface area contributed by atoms with E-state index in [0.29, 0.717) is 48.8 Å². The molecule has 3 heterocycles. The molecule has 44 heavy (non-hydrogen) atoms. The number of carbonyl (C=O) groups is 2. The lowest BCUT2D eigenvalue weighted by molar-refractivity contribution is -0.131. The van der Waals surface area contributed by atoms with Crippen LogP contribution in [0.25, 0.3) is 11.3 Å². The summed E-state index contributed by atoms with van der Waals surface area (Å²) in [6, 6.07) is 22.4. The van der Waals surface area contributed by atoms with Crippen molar-refractivity contribution >= 4 is 17.6 Å². The number of fused-ring (bicyclic) bond motifs is 1. The van der Waals surface area contributed by atoms with Crippen molar-refractivity contribution in [3.8, 4) is 28.5 Å². The van der Waals surface area contributed by atoms with Gasteiger partial charge >= 0.3 is 0 Å². The van der Waals surface area contributed by atoms with Gasteiger partial charge in [-0.3, -0.25) is 9.59 Å². The van der Waals surface area contributed by atoms with Crippen LogP contribution in [0.15, 0.2) is 78.9 Å². The van der Waals surface area contributed by atoms with E-state index >= 15 is 0 Å². The third-order valence-corrected chi connectivity index (χ3v) is 7.71. The lowest BCUT2D eigenvalue weighted by atomic mass is 10.1. The molecule has 226 valence electrons.